The highest BCUT2D eigenvalue weighted by Crippen LogP contribution is 2.29. The molecule has 3 heteroatoms. The van der Waals surface area contributed by atoms with Crippen LogP contribution >= 0.6 is 0 Å². The van der Waals surface area contributed by atoms with Crippen LogP contribution in [0.15, 0.2) is 0 Å². The van der Waals surface area contributed by atoms with Crippen molar-refractivity contribution < 1.29 is 4.74 Å². The molecule has 0 bridgehead atoms. The standard InChI is InChI=1S/C12H24N2O/c1-12(4-7-15-8-5-12)10-13-11-3-6-14(2)9-11/h11,13H,3-10H2,1-2H3. The predicted octanol–water partition coefficient (Wildman–Crippen LogP) is 1.10. The minimum absolute atomic E-state index is 0.472. The Morgan fingerprint density at radius 3 is 2.73 bits per heavy atom. The van der Waals surface area contributed by atoms with Crippen molar-refractivity contribution in [2.45, 2.75) is 32.2 Å². The van der Waals surface area contributed by atoms with Gasteiger partial charge in [0.25, 0.3) is 0 Å². The minimum atomic E-state index is 0.472. The van der Waals surface area contributed by atoms with E-state index in [0.29, 0.717) is 5.41 Å². The van der Waals surface area contributed by atoms with Gasteiger partial charge in [0.1, 0.15) is 0 Å². The molecule has 0 aromatic heterocycles. The molecule has 1 N–H and O–H groups in total. The molecule has 2 aliphatic heterocycles. The number of nitrogens with one attached hydrogen (secondary N) is 1. The number of likely N-dealkylation sites (tertiary alicyclic amines) is 1. The first-order valence-electron chi connectivity index (χ1n) is 6.18. The van der Waals surface area contributed by atoms with E-state index in [0.717, 1.165) is 25.8 Å². The summed E-state index contributed by atoms with van der Waals surface area (Å²) in [5.41, 5.74) is 0.472. The molecule has 0 aliphatic carbocycles. The Labute approximate surface area is 93.2 Å². The van der Waals surface area contributed by atoms with E-state index >= 15 is 0 Å². The van der Waals surface area contributed by atoms with Gasteiger partial charge in [-0.25, -0.2) is 0 Å². The van der Waals surface area contributed by atoms with Crippen LogP contribution in [-0.2, 0) is 4.74 Å². The van der Waals surface area contributed by atoms with E-state index in [1.54, 1.807) is 0 Å². The molecule has 2 saturated heterocycles. The van der Waals surface area contributed by atoms with Gasteiger partial charge in [0, 0.05) is 32.3 Å². The fourth-order valence-corrected chi connectivity index (χ4v) is 2.53. The van der Waals surface area contributed by atoms with Crippen molar-refractivity contribution >= 4 is 0 Å². The lowest BCUT2D eigenvalue weighted by atomic mass is 9.82. The Morgan fingerprint density at radius 2 is 2.13 bits per heavy atom. The van der Waals surface area contributed by atoms with Crippen LogP contribution < -0.4 is 5.32 Å². The molecule has 2 heterocycles. The van der Waals surface area contributed by atoms with Crippen molar-refractivity contribution in [3.8, 4) is 0 Å². The quantitative estimate of drug-likeness (QED) is 0.758. The smallest absolute Gasteiger partial charge is 0.0471 e. The van der Waals surface area contributed by atoms with E-state index in [1.807, 2.05) is 0 Å². The summed E-state index contributed by atoms with van der Waals surface area (Å²) in [5.74, 6) is 0. The molecule has 2 fully saturated rings. The average molecular weight is 212 g/mol. The fraction of sp³-hybridized carbons (Fsp3) is 1.00. The molecule has 3 nitrogen and oxygen atoms in total. The van der Waals surface area contributed by atoms with Crippen LogP contribution in [0.2, 0.25) is 0 Å². The van der Waals surface area contributed by atoms with Gasteiger partial charge >= 0.3 is 0 Å². The van der Waals surface area contributed by atoms with E-state index in [2.05, 4.69) is 24.2 Å². The van der Waals surface area contributed by atoms with E-state index in [4.69, 9.17) is 4.74 Å². The normalized spacial score (nSPS) is 32.0. The van der Waals surface area contributed by atoms with Gasteiger partial charge in [-0.2, -0.15) is 0 Å². The van der Waals surface area contributed by atoms with Crippen LogP contribution in [0.25, 0.3) is 0 Å². The Hall–Kier alpha value is -0.120. The van der Waals surface area contributed by atoms with Crippen LogP contribution in [0, 0.1) is 5.41 Å². The van der Waals surface area contributed by atoms with E-state index < -0.39 is 0 Å². The number of rotatable bonds is 3. The number of ether oxygens (including phenoxy) is 1. The van der Waals surface area contributed by atoms with Crippen molar-refractivity contribution in [2.24, 2.45) is 5.41 Å². The zero-order chi connectivity index (χ0) is 10.7. The lowest BCUT2D eigenvalue weighted by Gasteiger charge is -2.34. The van der Waals surface area contributed by atoms with Gasteiger partial charge in [-0.1, -0.05) is 6.92 Å². The molecule has 0 amide bonds. The summed E-state index contributed by atoms with van der Waals surface area (Å²) in [4.78, 5) is 2.41. The summed E-state index contributed by atoms with van der Waals surface area (Å²) in [6.07, 6.45) is 3.73. The highest BCUT2D eigenvalue weighted by atomic mass is 16.5. The molecule has 2 rings (SSSR count). The zero-order valence-electron chi connectivity index (χ0n) is 10.1. The first-order valence-corrected chi connectivity index (χ1v) is 6.18. The average Bonchev–Trinajstić information content (AvgIpc) is 2.63. The second kappa shape index (κ2) is 4.81. The van der Waals surface area contributed by atoms with Crippen molar-refractivity contribution in [3.05, 3.63) is 0 Å². The first kappa shape index (κ1) is 11.4. The van der Waals surface area contributed by atoms with Crippen LogP contribution in [0.1, 0.15) is 26.2 Å². The van der Waals surface area contributed by atoms with E-state index in [1.165, 1.54) is 32.4 Å². The Kier molecular flexibility index (Phi) is 3.65. The van der Waals surface area contributed by atoms with Crippen LogP contribution in [0.3, 0.4) is 0 Å². The third-order valence-corrected chi connectivity index (χ3v) is 3.91. The highest BCUT2D eigenvalue weighted by Gasteiger charge is 2.29. The Bertz CT molecular complexity index is 202. The third-order valence-electron chi connectivity index (χ3n) is 3.91. The molecular weight excluding hydrogens is 188 g/mol. The molecule has 0 saturated carbocycles. The maximum atomic E-state index is 5.42. The molecule has 0 spiro atoms. The number of hydrogen-bond donors (Lipinski definition) is 1. The fourth-order valence-electron chi connectivity index (χ4n) is 2.53. The van der Waals surface area contributed by atoms with Gasteiger partial charge in [-0.3, -0.25) is 0 Å². The van der Waals surface area contributed by atoms with E-state index in [-0.39, 0.29) is 0 Å². The number of likely N-dealkylation sites (N-methyl/N-ethyl adjacent to an activating group) is 1. The second-order valence-electron chi connectivity index (χ2n) is 5.55. The predicted molar refractivity (Wildman–Crippen MR) is 62.1 cm³/mol. The van der Waals surface area contributed by atoms with Gasteiger partial charge in [0.2, 0.25) is 0 Å². The molecule has 2 aliphatic rings. The van der Waals surface area contributed by atoms with Crippen molar-refractivity contribution in [2.75, 3.05) is 39.9 Å². The summed E-state index contributed by atoms with van der Waals surface area (Å²) in [7, 11) is 2.21. The van der Waals surface area contributed by atoms with Crippen LogP contribution in [0.5, 0.6) is 0 Å². The number of hydrogen-bond acceptors (Lipinski definition) is 3. The minimum Gasteiger partial charge on any atom is -0.381 e. The topological polar surface area (TPSA) is 24.5 Å². The summed E-state index contributed by atoms with van der Waals surface area (Å²) >= 11 is 0. The van der Waals surface area contributed by atoms with Crippen LogP contribution in [-0.4, -0.2) is 50.8 Å². The van der Waals surface area contributed by atoms with Crippen molar-refractivity contribution in [3.63, 3.8) is 0 Å². The highest BCUT2D eigenvalue weighted by molar-refractivity contribution is 4.84. The SMILES string of the molecule is CN1CCC(NCC2(C)CCOCC2)C1. The van der Waals surface area contributed by atoms with Gasteiger partial charge in [-0.05, 0) is 38.3 Å². The summed E-state index contributed by atoms with van der Waals surface area (Å²) in [6.45, 7) is 7.91. The van der Waals surface area contributed by atoms with Crippen molar-refractivity contribution in [1.82, 2.24) is 10.2 Å². The maximum absolute atomic E-state index is 5.42. The molecule has 0 aromatic rings. The van der Waals surface area contributed by atoms with Crippen molar-refractivity contribution in [1.29, 1.82) is 0 Å². The maximum Gasteiger partial charge on any atom is 0.0471 e. The van der Waals surface area contributed by atoms with Gasteiger partial charge in [0.15, 0.2) is 0 Å². The second-order valence-corrected chi connectivity index (χ2v) is 5.55. The molecule has 1 unspecified atom stereocenters. The molecule has 88 valence electrons. The first-order chi connectivity index (χ1) is 7.18. The Morgan fingerprint density at radius 1 is 1.40 bits per heavy atom. The largest absolute Gasteiger partial charge is 0.381 e. The number of nitrogens with zero attached hydrogens (tertiary/aromatic N) is 1. The van der Waals surface area contributed by atoms with Gasteiger partial charge in [0.05, 0.1) is 0 Å². The Balaban J connectivity index is 1.72. The molecule has 0 aromatic carbocycles. The van der Waals surface area contributed by atoms with Gasteiger partial charge in [-0.15, -0.1) is 0 Å². The lowest BCUT2D eigenvalue weighted by molar-refractivity contribution is 0.0230. The summed E-state index contributed by atoms with van der Waals surface area (Å²) in [5, 5.41) is 3.73. The van der Waals surface area contributed by atoms with Crippen LogP contribution in [0.4, 0.5) is 0 Å². The third kappa shape index (κ3) is 3.16. The van der Waals surface area contributed by atoms with E-state index in [9.17, 15) is 0 Å². The molecule has 0 radical (unpaired) electrons. The summed E-state index contributed by atoms with van der Waals surface area (Å²) < 4.78 is 5.42. The molecule has 1 atom stereocenters. The van der Waals surface area contributed by atoms with Gasteiger partial charge < -0.3 is 15.0 Å². The summed E-state index contributed by atoms with van der Waals surface area (Å²) in [6, 6.07) is 0.717. The zero-order valence-corrected chi connectivity index (χ0v) is 10.1. The lowest BCUT2D eigenvalue weighted by Crippen LogP contribution is -2.42. The molecular formula is C12H24N2O. The monoisotopic (exact) mass is 212 g/mol. The molecule has 15 heavy (non-hydrogen) atoms.